The molecule has 2 saturated heterocycles. The zero-order valence-electron chi connectivity index (χ0n) is 14.7. The third-order valence-corrected chi connectivity index (χ3v) is 6.29. The van der Waals surface area contributed by atoms with Crippen molar-refractivity contribution in [3.63, 3.8) is 0 Å². The standard InChI is InChI=1S/C20H22N4OS/c21-13-16-14-22-18-4-2-1-3-17(18)19(16)23-7-5-15(6-8-23)20(25)24-9-11-26-12-10-24/h1-4,14-15H,5-12H2. The molecule has 0 radical (unpaired) electrons. The van der Waals surface area contributed by atoms with Crippen molar-refractivity contribution in [2.45, 2.75) is 12.8 Å². The molecule has 2 aliphatic heterocycles. The van der Waals surface area contributed by atoms with Crippen LogP contribution in [0.25, 0.3) is 10.9 Å². The van der Waals surface area contributed by atoms with Crippen molar-refractivity contribution >= 4 is 34.3 Å². The number of rotatable bonds is 2. The van der Waals surface area contributed by atoms with Crippen LogP contribution in [0.4, 0.5) is 5.69 Å². The lowest BCUT2D eigenvalue weighted by molar-refractivity contribution is -0.135. The molecule has 0 unspecified atom stereocenters. The highest BCUT2D eigenvalue weighted by molar-refractivity contribution is 7.99. The van der Waals surface area contributed by atoms with Gasteiger partial charge in [-0.3, -0.25) is 9.78 Å². The average Bonchev–Trinajstić information content (AvgIpc) is 2.73. The Hall–Kier alpha value is -2.26. The van der Waals surface area contributed by atoms with Crippen LogP contribution in [0.3, 0.4) is 0 Å². The third kappa shape index (κ3) is 3.24. The van der Waals surface area contributed by atoms with Crippen LogP contribution in [0.15, 0.2) is 30.5 Å². The van der Waals surface area contributed by atoms with E-state index in [0.29, 0.717) is 11.5 Å². The quantitative estimate of drug-likeness (QED) is 0.818. The van der Waals surface area contributed by atoms with Crippen molar-refractivity contribution in [3.8, 4) is 6.07 Å². The number of carbonyl (C=O) groups excluding carboxylic acids is 1. The summed E-state index contributed by atoms with van der Waals surface area (Å²) in [6.45, 7) is 3.39. The van der Waals surface area contributed by atoms with Gasteiger partial charge >= 0.3 is 0 Å². The van der Waals surface area contributed by atoms with Gasteiger partial charge in [-0.05, 0) is 18.9 Å². The number of anilines is 1. The largest absolute Gasteiger partial charge is 0.370 e. The second-order valence-corrected chi connectivity index (χ2v) is 8.07. The molecular weight excluding hydrogens is 344 g/mol. The molecule has 0 aliphatic carbocycles. The van der Waals surface area contributed by atoms with E-state index in [1.54, 1.807) is 6.20 Å². The number of aromatic nitrogens is 1. The SMILES string of the molecule is N#Cc1cnc2ccccc2c1N1CCC(C(=O)N2CCSCC2)CC1. The van der Waals surface area contributed by atoms with Crippen LogP contribution in [0.2, 0.25) is 0 Å². The van der Waals surface area contributed by atoms with Gasteiger partial charge in [-0.25, -0.2) is 0 Å². The number of hydrogen-bond acceptors (Lipinski definition) is 5. The molecule has 1 amide bonds. The number of benzene rings is 1. The first-order chi connectivity index (χ1) is 12.8. The van der Waals surface area contributed by atoms with Crippen LogP contribution in [0.5, 0.6) is 0 Å². The Labute approximate surface area is 158 Å². The van der Waals surface area contributed by atoms with E-state index in [4.69, 9.17) is 0 Å². The maximum absolute atomic E-state index is 12.8. The number of thioether (sulfide) groups is 1. The lowest BCUT2D eigenvalue weighted by Gasteiger charge is -2.37. The fraction of sp³-hybridized carbons (Fsp3) is 0.450. The van der Waals surface area contributed by atoms with Crippen molar-refractivity contribution in [1.82, 2.24) is 9.88 Å². The monoisotopic (exact) mass is 366 g/mol. The van der Waals surface area contributed by atoms with Crippen molar-refractivity contribution in [1.29, 1.82) is 5.26 Å². The normalized spacial score (nSPS) is 18.7. The van der Waals surface area contributed by atoms with E-state index in [2.05, 4.69) is 16.0 Å². The number of pyridine rings is 1. The van der Waals surface area contributed by atoms with Crippen molar-refractivity contribution in [2.75, 3.05) is 42.6 Å². The highest BCUT2D eigenvalue weighted by Crippen LogP contribution is 2.33. The Kier molecular flexibility index (Phi) is 4.98. The number of carbonyl (C=O) groups is 1. The van der Waals surface area contributed by atoms with Gasteiger partial charge in [-0.15, -0.1) is 0 Å². The number of nitrogens with zero attached hydrogens (tertiary/aromatic N) is 4. The van der Waals surface area contributed by atoms with Gasteiger partial charge < -0.3 is 9.80 Å². The van der Waals surface area contributed by atoms with Crippen LogP contribution >= 0.6 is 11.8 Å². The highest BCUT2D eigenvalue weighted by Gasteiger charge is 2.30. The van der Waals surface area contributed by atoms with E-state index in [1.807, 2.05) is 40.9 Å². The zero-order valence-corrected chi connectivity index (χ0v) is 15.5. The molecule has 0 saturated carbocycles. The predicted molar refractivity (Wildman–Crippen MR) is 105 cm³/mol. The summed E-state index contributed by atoms with van der Waals surface area (Å²) < 4.78 is 0. The Morgan fingerprint density at radius 2 is 1.88 bits per heavy atom. The molecule has 2 fully saturated rings. The number of nitriles is 1. The van der Waals surface area contributed by atoms with Crippen LogP contribution in [-0.4, -0.2) is 53.5 Å². The smallest absolute Gasteiger partial charge is 0.225 e. The molecule has 0 bridgehead atoms. The fourth-order valence-corrected chi connectivity index (χ4v) is 4.84. The van der Waals surface area contributed by atoms with Crippen molar-refractivity contribution in [3.05, 3.63) is 36.0 Å². The number of fused-ring (bicyclic) bond motifs is 1. The lowest BCUT2D eigenvalue weighted by Crippen LogP contribution is -2.45. The minimum absolute atomic E-state index is 0.119. The minimum Gasteiger partial charge on any atom is -0.370 e. The highest BCUT2D eigenvalue weighted by atomic mass is 32.2. The Morgan fingerprint density at radius 1 is 1.15 bits per heavy atom. The topological polar surface area (TPSA) is 60.2 Å². The summed E-state index contributed by atoms with van der Waals surface area (Å²) >= 11 is 1.93. The number of amides is 1. The summed E-state index contributed by atoms with van der Waals surface area (Å²) in [4.78, 5) is 21.5. The Morgan fingerprint density at radius 3 is 2.62 bits per heavy atom. The molecule has 26 heavy (non-hydrogen) atoms. The molecule has 1 aromatic carbocycles. The Bertz CT molecular complexity index is 849. The summed E-state index contributed by atoms with van der Waals surface area (Å²) in [7, 11) is 0. The molecule has 2 aliphatic rings. The third-order valence-electron chi connectivity index (χ3n) is 5.35. The van der Waals surface area contributed by atoms with Gasteiger partial charge in [0.15, 0.2) is 0 Å². The summed E-state index contributed by atoms with van der Waals surface area (Å²) in [6, 6.07) is 10.2. The van der Waals surface area contributed by atoms with E-state index in [9.17, 15) is 10.1 Å². The molecule has 2 aromatic rings. The molecule has 1 aromatic heterocycles. The minimum atomic E-state index is 0.119. The van der Waals surface area contributed by atoms with Gasteiger partial charge in [0.25, 0.3) is 0 Å². The molecule has 0 N–H and O–H groups in total. The van der Waals surface area contributed by atoms with E-state index in [1.165, 1.54) is 0 Å². The molecule has 6 heteroatoms. The van der Waals surface area contributed by atoms with E-state index in [-0.39, 0.29) is 5.92 Å². The summed E-state index contributed by atoms with van der Waals surface area (Å²) in [5.41, 5.74) is 2.49. The van der Waals surface area contributed by atoms with Gasteiger partial charge in [-0.2, -0.15) is 17.0 Å². The molecular formula is C20H22N4OS. The molecule has 4 rings (SSSR count). The lowest BCUT2D eigenvalue weighted by atomic mass is 9.94. The van der Waals surface area contributed by atoms with Crippen LogP contribution in [0, 0.1) is 17.2 Å². The number of hydrogen-bond donors (Lipinski definition) is 0. The van der Waals surface area contributed by atoms with Gasteiger partial charge in [0.1, 0.15) is 6.07 Å². The molecule has 0 atom stereocenters. The second-order valence-electron chi connectivity index (χ2n) is 6.85. The molecule has 5 nitrogen and oxygen atoms in total. The summed E-state index contributed by atoms with van der Waals surface area (Å²) in [6.07, 6.45) is 3.37. The second kappa shape index (κ2) is 7.55. The van der Waals surface area contributed by atoms with Crippen molar-refractivity contribution in [2.24, 2.45) is 5.92 Å². The average molecular weight is 366 g/mol. The number of para-hydroxylation sites is 1. The maximum Gasteiger partial charge on any atom is 0.225 e. The van der Waals surface area contributed by atoms with Crippen LogP contribution < -0.4 is 4.90 Å². The van der Waals surface area contributed by atoms with Gasteiger partial charge in [-0.1, -0.05) is 18.2 Å². The van der Waals surface area contributed by atoms with Crippen LogP contribution in [-0.2, 0) is 4.79 Å². The summed E-state index contributed by atoms with van der Waals surface area (Å²) in [5, 5.41) is 10.6. The van der Waals surface area contributed by atoms with Crippen LogP contribution in [0.1, 0.15) is 18.4 Å². The molecule has 134 valence electrons. The molecule has 3 heterocycles. The van der Waals surface area contributed by atoms with E-state index in [0.717, 1.165) is 67.1 Å². The first-order valence-electron chi connectivity index (χ1n) is 9.17. The predicted octanol–water partition coefficient (Wildman–Crippen LogP) is 2.90. The first-order valence-corrected chi connectivity index (χ1v) is 10.3. The van der Waals surface area contributed by atoms with Gasteiger partial charge in [0, 0.05) is 55.2 Å². The number of piperidine rings is 1. The maximum atomic E-state index is 12.8. The molecule has 0 spiro atoms. The zero-order chi connectivity index (χ0) is 17.9. The van der Waals surface area contributed by atoms with Gasteiger partial charge in [0.2, 0.25) is 5.91 Å². The summed E-state index contributed by atoms with van der Waals surface area (Å²) in [5.74, 6) is 2.55. The fourth-order valence-electron chi connectivity index (χ4n) is 3.94. The van der Waals surface area contributed by atoms with E-state index < -0.39 is 0 Å². The Balaban J connectivity index is 1.52. The van der Waals surface area contributed by atoms with E-state index >= 15 is 0 Å². The van der Waals surface area contributed by atoms with Crippen molar-refractivity contribution < 1.29 is 4.79 Å². The van der Waals surface area contributed by atoms with Gasteiger partial charge in [0.05, 0.1) is 16.8 Å². The first kappa shape index (κ1) is 17.2.